The Balaban J connectivity index is 2.35. The van der Waals surface area contributed by atoms with Crippen molar-refractivity contribution in [2.24, 2.45) is 5.41 Å². The van der Waals surface area contributed by atoms with Crippen molar-refractivity contribution in [3.05, 3.63) is 12.3 Å². The van der Waals surface area contributed by atoms with Crippen molar-refractivity contribution < 1.29 is 19.1 Å². The summed E-state index contributed by atoms with van der Waals surface area (Å²) < 4.78 is 10.2. The zero-order valence-corrected chi connectivity index (χ0v) is 9.28. The molecular formula is C11H16O4. The quantitative estimate of drug-likeness (QED) is 0.650. The van der Waals surface area contributed by atoms with Gasteiger partial charge in [0, 0.05) is 6.08 Å². The summed E-state index contributed by atoms with van der Waals surface area (Å²) >= 11 is 0. The molecule has 0 spiro atoms. The van der Waals surface area contributed by atoms with Crippen molar-refractivity contribution in [2.75, 3.05) is 6.61 Å². The zero-order chi connectivity index (χ0) is 11.5. The van der Waals surface area contributed by atoms with Crippen LogP contribution in [0.3, 0.4) is 0 Å². The van der Waals surface area contributed by atoms with Gasteiger partial charge in [0.2, 0.25) is 0 Å². The number of ether oxygens (including phenoxy) is 2. The Morgan fingerprint density at radius 3 is 2.80 bits per heavy atom. The summed E-state index contributed by atoms with van der Waals surface area (Å²) in [5.74, 6) is -0.286. The third-order valence-corrected chi connectivity index (χ3v) is 1.97. The predicted octanol–water partition coefficient (Wildman–Crippen LogP) is 1.45. The maximum absolute atomic E-state index is 11.4. The number of esters is 1. The monoisotopic (exact) mass is 212 g/mol. The molecule has 0 aromatic rings. The van der Waals surface area contributed by atoms with E-state index in [9.17, 15) is 9.59 Å². The van der Waals surface area contributed by atoms with E-state index in [0.717, 1.165) is 0 Å². The van der Waals surface area contributed by atoms with Crippen LogP contribution in [0.1, 0.15) is 27.2 Å². The lowest BCUT2D eigenvalue weighted by Gasteiger charge is -2.21. The van der Waals surface area contributed by atoms with Gasteiger partial charge in [0.25, 0.3) is 0 Å². The molecule has 0 aromatic heterocycles. The van der Waals surface area contributed by atoms with Gasteiger partial charge in [-0.05, 0) is 20.8 Å². The minimum atomic E-state index is -0.519. The van der Waals surface area contributed by atoms with Gasteiger partial charge in [-0.25, -0.2) is 0 Å². The minimum Gasteiger partial charge on any atom is -0.494 e. The van der Waals surface area contributed by atoms with Gasteiger partial charge in [0.05, 0.1) is 18.1 Å². The molecule has 1 rings (SSSR count). The summed E-state index contributed by atoms with van der Waals surface area (Å²) in [6.07, 6.45) is 2.66. The molecule has 1 heterocycles. The average Bonchev–Trinajstić information content (AvgIpc) is 2.12. The van der Waals surface area contributed by atoms with Crippen molar-refractivity contribution in [1.29, 1.82) is 0 Å². The molecule has 0 saturated carbocycles. The van der Waals surface area contributed by atoms with Gasteiger partial charge < -0.3 is 9.47 Å². The molecule has 0 radical (unpaired) electrons. The predicted molar refractivity (Wildman–Crippen MR) is 54.1 cm³/mol. The van der Waals surface area contributed by atoms with Crippen LogP contribution in [0.15, 0.2) is 12.3 Å². The molecule has 0 aliphatic carbocycles. The molecule has 0 N–H and O–H groups in total. The highest BCUT2D eigenvalue weighted by molar-refractivity contribution is 5.90. The normalized spacial score (nSPS) is 21.0. The van der Waals surface area contributed by atoms with E-state index in [-0.39, 0.29) is 30.9 Å². The Bertz CT molecular complexity index is 285. The Kier molecular flexibility index (Phi) is 3.50. The molecule has 4 nitrogen and oxygen atoms in total. The second kappa shape index (κ2) is 4.47. The Morgan fingerprint density at radius 2 is 2.27 bits per heavy atom. The number of ketones is 1. The van der Waals surface area contributed by atoms with Crippen LogP contribution in [-0.2, 0) is 19.1 Å². The lowest BCUT2D eigenvalue weighted by atomic mass is 9.97. The van der Waals surface area contributed by atoms with E-state index < -0.39 is 5.41 Å². The van der Waals surface area contributed by atoms with Crippen LogP contribution in [0.5, 0.6) is 0 Å². The molecule has 1 atom stereocenters. The molecule has 1 aliphatic rings. The topological polar surface area (TPSA) is 52.6 Å². The number of rotatable bonds is 2. The van der Waals surface area contributed by atoms with Crippen molar-refractivity contribution in [3.8, 4) is 0 Å². The second-order valence-electron chi connectivity index (χ2n) is 4.58. The first kappa shape index (κ1) is 11.8. The van der Waals surface area contributed by atoms with Crippen molar-refractivity contribution in [2.45, 2.75) is 33.3 Å². The van der Waals surface area contributed by atoms with E-state index in [1.54, 1.807) is 20.8 Å². The molecule has 4 heteroatoms. The van der Waals surface area contributed by atoms with E-state index >= 15 is 0 Å². The SMILES string of the molecule is CC(C)(C)C(=O)OC[C@@H]1CC(=O)C=CO1. The Hall–Kier alpha value is -1.32. The van der Waals surface area contributed by atoms with Crippen LogP contribution >= 0.6 is 0 Å². The van der Waals surface area contributed by atoms with E-state index in [4.69, 9.17) is 9.47 Å². The highest BCUT2D eigenvalue weighted by atomic mass is 16.6. The van der Waals surface area contributed by atoms with Crippen LogP contribution in [0.4, 0.5) is 0 Å². The summed E-state index contributed by atoms with van der Waals surface area (Å²) in [5, 5.41) is 0. The summed E-state index contributed by atoms with van der Waals surface area (Å²) in [5.41, 5.74) is -0.519. The van der Waals surface area contributed by atoms with E-state index in [1.165, 1.54) is 12.3 Å². The van der Waals surface area contributed by atoms with Crippen LogP contribution in [-0.4, -0.2) is 24.5 Å². The average molecular weight is 212 g/mol. The summed E-state index contributed by atoms with van der Waals surface area (Å²) in [6.45, 7) is 5.47. The van der Waals surface area contributed by atoms with Gasteiger partial charge in [-0.2, -0.15) is 0 Å². The molecule has 0 bridgehead atoms. The van der Waals surface area contributed by atoms with Gasteiger partial charge in [-0.3, -0.25) is 9.59 Å². The summed E-state index contributed by atoms with van der Waals surface area (Å²) in [7, 11) is 0. The van der Waals surface area contributed by atoms with Crippen LogP contribution in [0.25, 0.3) is 0 Å². The van der Waals surface area contributed by atoms with Gasteiger partial charge in [-0.15, -0.1) is 0 Å². The van der Waals surface area contributed by atoms with Gasteiger partial charge in [0.1, 0.15) is 12.7 Å². The molecule has 0 saturated heterocycles. The van der Waals surface area contributed by atoms with Gasteiger partial charge in [-0.1, -0.05) is 0 Å². The smallest absolute Gasteiger partial charge is 0.311 e. The first-order valence-electron chi connectivity index (χ1n) is 4.91. The molecular weight excluding hydrogens is 196 g/mol. The molecule has 0 aromatic carbocycles. The van der Waals surface area contributed by atoms with Crippen molar-refractivity contribution in [1.82, 2.24) is 0 Å². The molecule has 0 amide bonds. The zero-order valence-electron chi connectivity index (χ0n) is 9.28. The number of hydrogen-bond acceptors (Lipinski definition) is 4. The Morgan fingerprint density at radius 1 is 1.60 bits per heavy atom. The minimum absolute atomic E-state index is 0.00180. The fraction of sp³-hybridized carbons (Fsp3) is 0.636. The second-order valence-corrected chi connectivity index (χ2v) is 4.58. The summed E-state index contributed by atoms with van der Waals surface area (Å²) in [6, 6.07) is 0. The first-order valence-corrected chi connectivity index (χ1v) is 4.91. The first-order chi connectivity index (χ1) is 6.89. The maximum atomic E-state index is 11.4. The highest BCUT2D eigenvalue weighted by Crippen LogP contribution is 2.16. The van der Waals surface area contributed by atoms with E-state index in [0.29, 0.717) is 0 Å². The number of allylic oxidation sites excluding steroid dienone is 1. The van der Waals surface area contributed by atoms with Gasteiger partial charge in [0.15, 0.2) is 5.78 Å². The van der Waals surface area contributed by atoms with Crippen LogP contribution < -0.4 is 0 Å². The largest absolute Gasteiger partial charge is 0.494 e. The lowest BCUT2D eigenvalue weighted by Crippen LogP contribution is -2.30. The van der Waals surface area contributed by atoms with E-state index in [2.05, 4.69) is 0 Å². The third-order valence-electron chi connectivity index (χ3n) is 1.97. The number of carbonyl (C=O) groups is 2. The fourth-order valence-electron chi connectivity index (χ4n) is 1.05. The summed E-state index contributed by atoms with van der Waals surface area (Å²) in [4.78, 5) is 22.4. The van der Waals surface area contributed by atoms with Crippen LogP contribution in [0.2, 0.25) is 0 Å². The maximum Gasteiger partial charge on any atom is 0.311 e. The molecule has 1 aliphatic heterocycles. The van der Waals surface area contributed by atoms with Crippen molar-refractivity contribution in [3.63, 3.8) is 0 Å². The van der Waals surface area contributed by atoms with E-state index in [1.807, 2.05) is 0 Å². The third kappa shape index (κ3) is 3.73. The highest BCUT2D eigenvalue weighted by Gasteiger charge is 2.25. The number of carbonyl (C=O) groups excluding carboxylic acids is 2. The molecule has 15 heavy (non-hydrogen) atoms. The molecule has 84 valence electrons. The Labute approximate surface area is 89.2 Å². The number of hydrogen-bond donors (Lipinski definition) is 0. The van der Waals surface area contributed by atoms with Crippen LogP contribution in [0, 0.1) is 5.41 Å². The standard InChI is InChI=1S/C11H16O4/c1-11(2,3)10(13)15-7-9-6-8(12)4-5-14-9/h4-5,9H,6-7H2,1-3H3/t9-/m0/s1. The fourth-order valence-corrected chi connectivity index (χ4v) is 1.05. The van der Waals surface area contributed by atoms with Crippen molar-refractivity contribution >= 4 is 11.8 Å². The molecule has 0 unspecified atom stereocenters. The van der Waals surface area contributed by atoms with Gasteiger partial charge >= 0.3 is 5.97 Å². The lowest BCUT2D eigenvalue weighted by molar-refractivity contribution is -0.156. The molecule has 0 fully saturated rings.